The lowest BCUT2D eigenvalue weighted by Crippen LogP contribution is -2.09. The number of hydrogen-bond acceptors (Lipinski definition) is 0. The molecule has 1 heteroatoms. The summed E-state index contributed by atoms with van der Waals surface area (Å²) in [5, 5.41) is 0. The summed E-state index contributed by atoms with van der Waals surface area (Å²) in [6.45, 7) is 0. The van der Waals surface area contributed by atoms with Gasteiger partial charge in [0, 0.05) is 0 Å². The highest BCUT2D eigenvalue weighted by atomic mass is 31.0. The van der Waals surface area contributed by atoms with Crippen molar-refractivity contribution in [2.24, 2.45) is 0 Å². The van der Waals surface area contributed by atoms with Crippen molar-refractivity contribution in [1.29, 1.82) is 0 Å². The van der Waals surface area contributed by atoms with Crippen LogP contribution in [0.2, 0.25) is 0 Å². The summed E-state index contributed by atoms with van der Waals surface area (Å²) < 4.78 is 0. The standard InChI is InChI=1S/C24H30.H3P/c1-3-11-19(12-4-1)21-15-7-9-17-23(21)24-18-10-8-16-22(24)20-13-5-2-6-14-20;/h7-10,15-20H,1-6,11-14H2;1H3. The average Bonchev–Trinajstić information content (AvgIpc) is 2.69. The van der Waals surface area contributed by atoms with Gasteiger partial charge in [-0.1, -0.05) is 87.1 Å². The first-order valence-corrected chi connectivity index (χ1v) is 10.1. The van der Waals surface area contributed by atoms with Gasteiger partial charge in [0.05, 0.1) is 0 Å². The van der Waals surface area contributed by atoms with Gasteiger partial charge in [-0.3, -0.25) is 0 Å². The first-order valence-electron chi connectivity index (χ1n) is 10.1. The molecule has 1 atom stereocenters. The molecule has 0 bridgehead atoms. The molecule has 2 aromatic carbocycles. The Bertz CT molecular complexity index is 604. The van der Waals surface area contributed by atoms with E-state index in [0.717, 1.165) is 11.8 Å². The van der Waals surface area contributed by atoms with Gasteiger partial charge >= 0.3 is 0 Å². The molecular formula is C24H33P. The molecule has 2 aliphatic rings. The maximum Gasteiger partial charge on any atom is -0.0146 e. The zero-order chi connectivity index (χ0) is 16.2. The lowest BCUT2D eigenvalue weighted by Gasteiger charge is -2.28. The summed E-state index contributed by atoms with van der Waals surface area (Å²) in [5.74, 6) is 1.55. The van der Waals surface area contributed by atoms with E-state index in [-0.39, 0.29) is 9.90 Å². The summed E-state index contributed by atoms with van der Waals surface area (Å²) in [7, 11) is 0. The highest BCUT2D eigenvalue weighted by Gasteiger charge is 2.22. The topological polar surface area (TPSA) is 0 Å². The fraction of sp³-hybridized carbons (Fsp3) is 0.500. The van der Waals surface area contributed by atoms with Crippen LogP contribution in [0.25, 0.3) is 11.1 Å². The first-order chi connectivity index (χ1) is 11.9. The van der Waals surface area contributed by atoms with E-state index in [9.17, 15) is 0 Å². The highest BCUT2D eigenvalue weighted by molar-refractivity contribution is 6.92. The fourth-order valence-corrected chi connectivity index (χ4v) is 5.02. The molecule has 0 N–H and O–H groups in total. The van der Waals surface area contributed by atoms with Crippen LogP contribution in [0, 0.1) is 0 Å². The van der Waals surface area contributed by atoms with Crippen molar-refractivity contribution in [3.8, 4) is 11.1 Å². The molecule has 0 aromatic heterocycles. The van der Waals surface area contributed by atoms with Crippen LogP contribution in [0.3, 0.4) is 0 Å². The minimum atomic E-state index is 0. The van der Waals surface area contributed by atoms with Crippen molar-refractivity contribution in [3.63, 3.8) is 0 Å². The normalized spacial score (nSPS) is 19.4. The third-order valence-electron chi connectivity index (χ3n) is 6.30. The van der Waals surface area contributed by atoms with Crippen LogP contribution in [0.15, 0.2) is 48.5 Å². The van der Waals surface area contributed by atoms with Gasteiger partial charge in [-0.05, 0) is 59.8 Å². The van der Waals surface area contributed by atoms with E-state index in [1.165, 1.54) is 75.3 Å². The largest absolute Gasteiger partial charge is 0.153 e. The molecule has 0 spiro atoms. The van der Waals surface area contributed by atoms with E-state index in [0.29, 0.717) is 0 Å². The van der Waals surface area contributed by atoms with Crippen LogP contribution in [-0.4, -0.2) is 0 Å². The number of benzene rings is 2. The van der Waals surface area contributed by atoms with Crippen LogP contribution >= 0.6 is 9.90 Å². The van der Waals surface area contributed by atoms with E-state index < -0.39 is 0 Å². The molecule has 0 radical (unpaired) electrons. The van der Waals surface area contributed by atoms with Gasteiger partial charge in [-0.2, -0.15) is 9.90 Å². The molecule has 25 heavy (non-hydrogen) atoms. The SMILES string of the molecule is P.c1ccc(C2CCCCC2)c(-c2ccccc2C2CCCCC2)c1. The van der Waals surface area contributed by atoms with Crippen molar-refractivity contribution in [1.82, 2.24) is 0 Å². The van der Waals surface area contributed by atoms with Gasteiger partial charge in [-0.25, -0.2) is 0 Å². The molecule has 0 nitrogen and oxygen atoms in total. The molecule has 2 fully saturated rings. The Labute approximate surface area is 157 Å². The Kier molecular flexibility index (Phi) is 6.71. The predicted octanol–water partition coefficient (Wildman–Crippen LogP) is 7.51. The third-order valence-corrected chi connectivity index (χ3v) is 6.30. The van der Waals surface area contributed by atoms with Gasteiger partial charge in [0.1, 0.15) is 0 Å². The number of rotatable bonds is 3. The average molecular weight is 353 g/mol. The Morgan fingerprint density at radius 1 is 0.480 bits per heavy atom. The van der Waals surface area contributed by atoms with Gasteiger partial charge in [-0.15, -0.1) is 0 Å². The summed E-state index contributed by atoms with van der Waals surface area (Å²) >= 11 is 0. The van der Waals surface area contributed by atoms with Crippen molar-refractivity contribution in [2.45, 2.75) is 76.0 Å². The van der Waals surface area contributed by atoms with Crippen molar-refractivity contribution in [3.05, 3.63) is 59.7 Å². The van der Waals surface area contributed by atoms with E-state index in [1.54, 1.807) is 11.1 Å². The molecule has 2 aliphatic carbocycles. The molecule has 1 unspecified atom stereocenters. The summed E-state index contributed by atoms with van der Waals surface area (Å²) in [5.41, 5.74) is 6.26. The lowest BCUT2D eigenvalue weighted by molar-refractivity contribution is 0.442. The predicted molar refractivity (Wildman–Crippen MR) is 115 cm³/mol. The van der Waals surface area contributed by atoms with Crippen LogP contribution in [-0.2, 0) is 0 Å². The van der Waals surface area contributed by atoms with E-state index >= 15 is 0 Å². The maximum absolute atomic E-state index is 2.41. The second kappa shape index (κ2) is 9.00. The Hall–Kier alpha value is -1.13. The first kappa shape index (κ1) is 18.7. The smallest absolute Gasteiger partial charge is 0.0146 e. The van der Waals surface area contributed by atoms with E-state index in [1.807, 2.05) is 0 Å². The van der Waals surface area contributed by atoms with Gasteiger partial charge in [0.2, 0.25) is 0 Å². The second-order valence-corrected chi connectivity index (χ2v) is 7.84. The van der Waals surface area contributed by atoms with Crippen LogP contribution in [0.4, 0.5) is 0 Å². The Balaban J connectivity index is 0.00000182. The molecule has 0 saturated heterocycles. The minimum absolute atomic E-state index is 0. The molecule has 134 valence electrons. The fourth-order valence-electron chi connectivity index (χ4n) is 5.02. The Morgan fingerprint density at radius 2 is 0.840 bits per heavy atom. The van der Waals surface area contributed by atoms with Crippen molar-refractivity contribution in [2.75, 3.05) is 0 Å². The molecule has 0 aliphatic heterocycles. The summed E-state index contributed by atoms with van der Waals surface area (Å²) in [6, 6.07) is 18.5. The van der Waals surface area contributed by atoms with Gasteiger partial charge < -0.3 is 0 Å². The van der Waals surface area contributed by atoms with E-state index in [4.69, 9.17) is 0 Å². The van der Waals surface area contributed by atoms with Gasteiger partial charge in [0.25, 0.3) is 0 Å². The summed E-state index contributed by atoms with van der Waals surface area (Å²) in [4.78, 5) is 0. The van der Waals surface area contributed by atoms with Crippen molar-refractivity contribution >= 4 is 9.90 Å². The summed E-state index contributed by atoms with van der Waals surface area (Å²) in [6.07, 6.45) is 14.0. The quantitative estimate of drug-likeness (QED) is 0.501. The third kappa shape index (κ3) is 4.17. The molecule has 2 saturated carbocycles. The zero-order valence-corrected chi connectivity index (χ0v) is 17.0. The van der Waals surface area contributed by atoms with Crippen LogP contribution in [0.1, 0.15) is 87.2 Å². The molecule has 2 aromatic rings. The van der Waals surface area contributed by atoms with Gasteiger partial charge in [0.15, 0.2) is 0 Å². The monoisotopic (exact) mass is 352 g/mol. The van der Waals surface area contributed by atoms with Crippen LogP contribution in [0.5, 0.6) is 0 Å². The number of hydrogen-bond donors (Lipinski definition) is 0. The molecule has 0 amide bonds. The van der Waals surface area contributed by atoms with Crippen molar-refractivity contribution < 1.29 is 0 Å². The molecular weight excluding hydrogens is 319 g/mol. The highest BCUT2D eigenvalue weighted by Crippen LogP contribution is 2.42. The Morgan fingerprint density at radius 3 is 1.24 bits per heavy atom. The van der Waals surface area contributed by atoms with E-state index in [2.05, 4.69) is 48.5 Å². The minimum Gasteiger partial charge on any atom is -0.153 e. The van der Waals surface area contributed by atoms with Crippen LogP contribution < -0.4 is 0 Å². The second-order valence-electron chi connectivity index (χ2n) is 7.84. The zero-order valence-electron chi connectivity index (χ0n) is 15.6. The molecule has 4 rings (SSSR count). The lowest BCUT2D eigenvalue weighted by atomic mass is 9.77. The maximum atomic E-state index is 2.41. The molecule has 0 heterocycles.